The predicted octanol–water partition coefficient (Wildman–Crippen LogP) is 1.17. The second kappa shape index (κ2) is 4.69. The average Bonchev–Trinajstić information content (AvgIpc) is 2.03. The fraction of sp³-hybridized carbons (Fsp3) is 1.00. The zero-order chi connectivity index (χ0) is 7.23. The van der Waals surface area contributed by atoms with Gasteiger partial charge < -0.3 is 10.1 Å². The maximum Gasteiger partial charge on any atom is 0.0477 e. The summed E-state index contributed by atoms with van der Waals surface area (Å²) in [5, 5.41) is 3.47. The average molecular weight is 143 g/mol. The Morgan fingerprint density at radius 2 is 2.40 bits per heavy atom. The quantitative estimate of drug-likeness (QED) is 0.640. The molecule has 1 heterocycles. The predicted molar refractivity (Wildman–Crippen MR) is 42.1 cm³/mol. The Hall–Kier alpha value is -0.0800. The molecule has 1 atom stereocenters. The standard InChI is InChI=1S/C8H17NO/c1-10-7-5-8-4-2-3-6-9-8/h8-9H,2-7H2,1H3/t8-/m1/s1. The van der Waals surface area contributed by atoms with Gasteiger partial charge in [0.2, 0.25) is 0 Å². The highest BCUT2D eigenvalue weighted by atomic mass is 16.5. The Labute approximate surface area is 63.0 Å². The number of nitrogens with one attached hydrogen (secondary N) is 1. The summed E-state index contributed by atoms with van der Waals surface area (Å²) in [6.45, 7) is 2.10. The number of rotatable bonds is 3. The highest BCUT2D eigenvalue weighted by Crippen LogP contribution is 2.09. The molecular weight excluding hydrogens is 126 g/mol. The number of piperidine rings is 1. The summed E-state index contributed by atoms with van der Waals surface area (Å²) >= 11 is 0. The van der Waals surface area contributed by atoms with Crippen LogP contribution < -0.4 is 5.32 Å². The van der Waals surface area contributed by atoms with Crippen LogP contribution in [0.1, 0.15) is 25.7 Å². The van der Waals surface area contributed by atoms with Crippen molar-refractivity contribution in [2.45, 2.75) is 31.7 Å². The highest BCUT2D eigenvalue weighted by molar-refractivity contribution is 4.71. The minimum atomic E-state index is 0.730. The molecule has 60 valence electrons. The molecule has 0 aromatic heterocycles. The second-order valence-electron chi connectivity index (χ2n) is 2.93. The van der Waals surface area contributed by atoms with Crippen LogP contribution in [0.5, 0.6) is 0 Å². The first-order chi connectivity index (χ1) is 4.93. The van der Waals surface area contributed by atoms with Gasteiger partial charge in [-0.3, -0.25) is 0 Å². The number of hydrogen-bond acceptors (Lipinski definition) is 2. The van der Waals surface area contributed by atoms with Crippen LogP contribution >= 0.6 is 0 Å². The van der Waals surface area contributed by atoms with Crippen molar-refractivity contribution in [3.8, 4) is 0 Å². The molecule has 0 bridgehead atoms. The van der Waals surface area contributed by atoms with E-state index in [2.05, 4.69) is 5.32 Å². The number of ether oxygens (including phenoxy) is 1. The first-order valence-electron chi connectivity index (χ1n) is 4.16. The number of hydrogen-bond donors (Lipinski definition) is 1. The van der Waals surface area contributed by atoms with Crippen LogP contribution in [0.3, 0.4) is 0 Å². The highest BCUT2D eigenvalue weighted by Gasteiger charge is 2.10. The molecule has 1 saturated heterocycles. The van der Waals surface area contributed by atoms with Gasteiger partial charge in [-0.25, -0.2) is 0 Å². The fourth-order valence-electron chi connectivity index (χ4n) is 1.43. The molecular formula is C8H17NO. The zero-order valence-electron chi connectivity index (χ0n) is 6.73. The maximum absolute atomic E-state index is 5.00. The first-order valence-corrected chi connectivity index (χ1v) is 4.16. The summed E-state index contributed by atoms with van der Waals surface area (Å²) in [6.07, 6.45) is 5.25. The van der Waals surface area contributed by atoms with Gasteiger partial charge in [-0.05, 0) is 25.8 Å². The molecule has 0 amide bonds. The SMILES string of the molecule is COCC[C@H]1CCCCN1. The molecule has 10 heavy (non-hydrogen) atoms. The lowest BCUT2D eigenvalue weighted by atomic mass is 10.0. The molecule has 2 heteroatoms. The van der Waals surface area contributed by atoms with Crippen molar-refractivity contribution in [2.75, 3.05) is 20.3 Å². The molecule has 0 spiro atoms. The van der Waals surface area contributed by atoms with Crippen molar-refractivity contribution in [2.24, 2.45) is 0 Å². The molecule has 0 aliphatic carbocycles. The van der Waals surface area contributed by atoms with Crippen molar-refractivity contribution in [3.05, 3.63) is 0 Å². The van der Waals surface area contributed by atoms with E-state index < -0.39 is 0 Å². The van der Waals surface area contributed by atoms with Gasteiger partial charge >= 0.3 is 0 Å². The zero-order valence-corrected chi connectivity index (χ0v) is 6.73. The van der Waals surface area contributed by atoms with Gasteiger partial charge in [-0.15, -0.1) is 0 Å². The summed E-state index contributed by atoms with van der Waals surface area (Å²) in [5.74, 6) is 0. The lowest BCUT2D eigenvalue weighted by Crippen LogP contribution is -2.34. The Morgan fingerprint density at radius 3 is 3.00 bits per heavy atom. The van der Waals surface area contributed by atoms with Gasteiger partial charge in [0.1, 0.15) is 0 Å². The summed E-state index contributed by atoms with van der Waals surface area (Å²) in [5.41, 5.74) is 0. The largest absolute Gasteiger partial charge is 0.385 e. The van der Waals surface area contributed by atoms with E-state index in [1.165, 1.54) is 32.2 Å². The second-order valence-corrected chi connectivity index (χ2v) is 2.93. The summed E-state index contributed by atoms with van der Waals surface area (Å²) in [7, 11) is 1.77. The molecule has 2 nitrogen and oxygen atoms in total. The number of methoxy groups -OCH3 is 1. The van der Waals surface area contributed by atoms with E-state index in [1.54, 1.807) is 7.11 Å². The molecule has 0 unspecified atom stereocenters. The molecule has 0 radical (unpaired) electrons. The Morgan fingerprint density at radius 1 is 1.50 bits per heavy atom. The van der Waals surface area contributed by atoms with E-state index in [-0.39, 0.29) is 0 Å². The first kappa shape index (κ1) is 8.02. The van der Waals surface area contributed by atoms with Crippen molar-refractivity contribution in [1.29, 1.82) is 0 Å². The third-order valence-corrected chi connectivity index (χ3v) is 2.08. The lowest BCUT2D eigenvalue weighted by molar-refractivity contribution is 0.177. The van der Waals surface area contributed by atoms with Gasteiger partial charge in [0, 0.05) is 19.8 Å². The van der Waals surface area contributed by atoms with E-state index in [1.807, 2.05) is 0 Å². The molecule has 0 saturated carbocycles. The molecule has 0 aromatic carbocycles. The molecule has 1 N–H and O–H groups in total. The Bertz CT molecular complexity index is 79.3. The third-order valence-electron chi connectivity index (χ3n) is 2.08. The molecule has 1 aliphatic rings. The van der Waals surface area contributed by atoms with Crippen molar-refractivity contribution in [1.82, 2.24) is 5.32 Å². The molecule has 1 aliphatic heterocycles. The fourth-order valence-corrected chi connectivity index (χ4v) is 1.43. The summed E-state index contributed by atoms with van der Waals surface area (Å²) < 4.78 is 5.00. The molecule has 0 aromatic rings. The van der Waals surface area contributed by atoms with Crippen molar-refractivity contribution in [3.63, 3.8) is 0 Å². The van der Waals surface area contributed by atoms with E-state index in [0.29, 0.717) is 0 Å². The Balaban J connectivity index is 2.02. The van der Waals surface area contributed by atoms with Crippen LogP contribution in [-0.4, -0.2) is 26.3 Å². The van der Waals surface area contributed by atoms with Gasteiger partial charge in [-0.1, -0.05) is 6.42 Å². The van der Waals surface area contributed by atoms with Crippen LogP contribution in [0.25, 0.3) is 0 Å². The smallest absolute Gasteiger partial charge is 0.0477 e. The van der Waals surface area contributed by atoms with E-state index in [4.69, 9.17) is 4.74 Å². The van der Waals surface area contributed by atoms with Crippen LogP contribution in [0, 0.1) is 0 Å². The van der Waals surface area contributed by atoms with Crippen LogP contribution in [0.4, 0.5) is 0 Å². The van der Waals surface area contributed by atoms with Crippen LogP contribution in [-0.2, 0) is 4.74 Å². The van der Waals surface area contributed by atoms with E-state index in [0.717, 1.165) is 12.6 Å². The molecule has 1 rings (SSSR count). The minimum absolute atomic E-state index is 0.730. The van der Waals surface area contributed by atoms with Gasteiger partial charge in [0.25, 0.3) is 0 Å². The van der Waals surface area contributed by atoms with Crippen LogP contribution in [0.2, 0.25) is 0 Å². The monoisotopic (exact) mass is 143 g/mol. The normalized spacial score (nSPS) is 26.7. The summed E-state index contributed by atoms with van der Waals surface area (Å²) in [6, 6.07) is 0.730. The lowest BCUT2D eigenvalue weighted by Gasteiger charge is -2.22. The van der Waals surface area contributed by atoms with E-state index >= 15 is 0 Å². The minimum Gasteiger partial charge on any atom is -0.385 e. The van der Waals surface area contributed by atoms with Gasteiger partial charge in [0.05, 0.1) is 0 Å². The van der Waals surface area contributed by atoms with Crippen molar-refractivity contribution < 1.29 is 4.74 Å². The Kier molecular flexibility index (Phi) is 3.76. The van der Waals surface area contributed by atoms with E-state index in [9.17, 15) is 0 Å². The maximum atomic E-state index is 5.00. The van der Waals surface area contributed by atoms with Crippen molar-refractivity contribution >= 4 is 0 Å². The summed E-state index contributed by atoms with van der Waals surface area (Å²) in [4.78, 5) is 0. The topological polar surface area (TPSA) is 21.3 Å². The molecule has 1 fully saturated rings. The van der Waals surface area contributed by atoms with Gasteiger partial charge in [-0.2, -0.15) is 0 Å². The van der Waals surface area contributed by atoms with Gasteiger partial charge in [0.15, 0.2) is 0 Å². The third kappa shape index (κ3) is 2.67. The van der Waals surface area contributed by atoms with Crippen LogP contribution in [0.15, 0.2) is 0 Å².